The van der Waals surface area contributed by atoms with Crippen LogP contribution in [0.15, 0.2) is 18.2 Å². The average molecular weight is 439 g/mol. The topological polar surface area (TPSA) is 58.9 Å². The van der Waals surface area contributed by atoms with E-state index in [0.29, 0.717) is 30.6 Å². The molecular weight excluding hydrogens is 400 g/mol. The van der Waals surface area contributed by atoms with Gasteiger partial charge in [-0.2, -0.15) is 0 Å². The Morgan fingerprint density at radius 3 is 2.88 bits per heavy atom. The van der Waals surface area contributed by atoms with Crippen molar-refractivity contribution in [2.45, 2.75) is 95.4 Å². The third-order valence-electron chi connectivity index (χ3n) is 9.01. The van der Waals surface area contributed by atoms with Crippen LogP contribution >= 0.6 is 0 Å². The number of hydrogen-bond donors (Lipinski definition) is 2. The molecule has 3 fully saturated rings. The largest absolute Gasteiger partial charge is 0.465 e. The summed E-state index contributed by atoms with van der Waals surface area (Å²) < 4.78 is 11.9. The first-order valence-electron chi connectivity index (χ1n) is 12.8. The van der Waals surface area contributed by atoms with E-state index in [1.165, 1.54) is 24.0 Å². The molecule has 174 valence electrons. The Morgan fingerprint density at radius 2 is 2.06 bits per heavy atom. The van der Waals surface area contributed by atoms with Crippen LogP contribution in [0.4, 0.5) is 0 Å². The second kappa shape index (κ2) is 9.01. The lowest BCUT2D eigenvalue weighted by molar-refractivity contribution is -0.105. The average Bonchev–Trinajstić information content (AvgIpc) is 3.08. The van der Waals surface area contributed by atoms with Crippen LogP contribution in [0.25, 0.3) is 0 Å². The highest BCUT2D eigenvalue weighted by Gasteiger charge is 2.61. The molecule has 1 aromatic carbocycles. The van der Waals surface area contributed by atoms with Crippen molar-refractivity contribution >= 4 is 0 Å². The fourth-order valence-electron chi connectivity index (χ4n) is 7.19. The van der Waals surface area contributed by atoms with Crippen LogP contribution in [0, 0.1) is 29.1 Å². The van der Waals surface area contributed by atoms with Gasteiger partial charge < -0.3 is 19.7 Å². The summed E-state index contributed by atoms with van der Waals surface area (Å²) in [6, 6.07) is 6.71. The number of aliphatic hydroxyl groups excluding tert-OH is 1. The summed E-state index contributed by atoms with van der Waals surface area (Å²) >= 11 is 0. The number of hydrogen-bond acceptors (Lipinski definition) is 4. The Labute approximate surface area is 192 Å². The summed E-state index contributed by atoms with van der Waals surface area (Å²) in [4.78, 5) is 0. The second-order valence-corrected chi connectivity index (χ2v) is 10.7. The third-order valence-corrected chi connectivity index (χ3v) is 9.01. The summed E-state index contributed by atoms with van der Waals surface area (Å²) in [7, 11) is 0. The van der Waals surface area contributed by atoms with E-state index in [4.69, 9.17) is 14.6 Å². The van der Waals surface area contributed by atoms with Gasteiger partial charge in [-0.1, -0.05) is 18.9 Å². The predicted octanol–water partition coefficient (Wildman–Crippen LogP) is 4.96. The molecule has 1 aromatic rings. The van der Waals surface area contributed by atoms with Crippen molar-refractivity contribution in [3.05, 3.63) is 29.3 Å². The van der Waals surface area contributed by atoms with Gasteiger partial charge in [-0.05, 0) is 98.8 Å². The smallest absolute Gasteiger partial charge is 0.199 e. The zero-order chi connectivity index (χ0) is 22.2. The van der Waals surface area contributed by atoms with Gasteiger partial charge >= 0.3 is 0 Å². The molecule has 2 N–H and O–H groups in total. The molecule has 4 heteroatoms. The van der Waals surface area contributed by atoms with Crippen LogP contribution in [0.1, 0.15) is 88.2 Å². The highest BCUT2D eigenvalue weighted by molar-refractivity contribution is 5.41. The number of fused-ring (bicyclic) bond motifs is 5. The molecule has 4 nitrogen and oxygen atoms in total. The standard InChI is InChI=1S/C28H38O4/c1-27-15-12-23-22-11-9-21(32-26-7-3-6-18-31-26)19-20(22)8-10-24(23)25(27)13-16-28(27,30)14-4-2-5-17-29/h9,11,19,23-26,29-30H,2-3,5-8,10,12-13,15-18H2,1H3/t23-,24-,25+,26?,27+,28+/m1/s1. The van der Waals surface area contributed by atoms with Gasteiger partial charge in [0.05, 0.1) is 6.61 Å². The Balaban J connectivity index is 1.32. The number of aliphatic hydroxyl groups is 2. The van der Waals surface area contributed by atoms with Crippen molar-refractivity contribution in [1.29, 1.82) is 0 Å². The summed E-state index contributed by atoms with van der Waals surface area (Å²) in [6.45, 7) is 3.26. The Morgan fingerprint density at radius 1 is 1.16 bits per heavy atom. The van der Waals surface area contributed by atoms with Gasteiger partial charge in [0.15, 0.2) is 6.29 Å². The molecule has 0 radical (unpaired) electrons. The number of ether oxygens (including phenoxy) is 2. The lowest BCUT2D eigenvalue weighted by Gasteiger charge is -2.52. The molecule has 5 rings (SSSR count). The van der Waals surface area contributed by atoms with E-state index in [1.54, 1.807) is 0 Å². The Bertz CT molecular complexity index is 879. The summed E-state index contributed by atoms with van der Waals surface area (Å²) in [5, 5.41) is 20.6. The maximum atomic E-state index is 11.6. The minimum atomic E-state index is -0.879. The molecule has 1 aliphatic heterocycles. The van der Waals surface area contributed by atoms with Crippen LogP contribution in [0.3, 0.4) is 0 Å². The molecule has 0 spiro atoms. The van der Waals surface area contributed by atoms with Gasteiger partial charge in [-0.3, -0.25) is 0 Å². The summed E-state index contributed by atoms with van der Waals surface area (Å²) in [5.74, 6) is 9.12. The van der Waals surface area contributed by atoms with Crippen molar-refractivity contribution in [2.75, 3.05) is 13.2 Å². The zero-order valence-electron chi connectivity index (χ0n) is 19.4. The van der Waals surface area contributed by atoms with Crippen LogP contribution in [0.5, 0.6) is 5.75 Å². The maximum Gasteiger partial charge on any atom is 0.199 e. The first kappa shape index (κ1) is 22.3. The van der Waals surface area contributed by atoms with E-state index in [2.05, 4.69) is 37.0 Å². The summed E-state index contributed by atoms with van der Waals surface area (Å²) in [6.07, 6.45) is 10.8. The molecule has 1 saturated heterocycles. The predicted molar refractivity (Wildman–Crippen MR) is 124 cm³/mol. The van der Waals surface area contributed by atoms with Crippen molar-refractivity contribution in [3.8, 4) is 17.6 Å². The van der Waals surface area contributed by atoms with Crippen LogP contribution in [-0.4, -0.2) is 35.3 Å². The molecule has 0 amide bonds. The first-order chi connectivity index (χ1) is 15.5. The molecule has 1 heterocycles. The van der Waals surface area contributed by atoms with Crippen molar-refractivity contribution in [3.63, 3.8) is 0 Å². The van der Waals surface area contributed by atoms with E-state index in [-0.39, 0.29) is 18.3 Å². The van der Waals surface area contributed by atoms with E-state index in [0.717, 1.165) is 57.3 Å². The lowest BCUT2D eigenvalue weighted by Crippen LogP contribution is -2.50. The summed E-state index contributed by atoms with van der Waals surface area (Å²) in [5.41, 5.74) is 1.94. The van der Waals surface area contributed by atoms with E-state index in [1.807, 2.05) is 0 Å². The molecule has 32 heavy (non-hydrogen) atoms. The minimum Gasteiger partial charge on any atom is -0.465 e. The molecule has 1 unspecified atom stereocenters. The van der Waals surface area contributed by atoms with Crippen LogP contribution in [0.2, 0.25) is 0 Å². The van der Waals surface area contributed by atoms with Crippen LogP contribution in [-0.2, 0) is 11.2 Å². The van der Waals surface area contributed by atoms with Gasteiger partial charge in [0, 0.05) is 24.9 Å². The zero-order valence-corrected chi connectivity index (χ0v) is 19.4. The number of rotatable bonds is 4. The molecule has 4 aliphatic rings. The molecule has 0 bridgehead atoms. The quantitative estimate of drug-likeness (QED) is 0.516. The van der Waals surface area contributed by atoms with E-state index in [9.17, 15) is 5.11 Å². The minimum absolute atomic E-state index is 0.0943. The third kappa shape index (κ3) is 3.87. The fraction of sp³-hybridized carbons (Fsp3) is 0.714. The monoisotopic (exact) mass is 438 g/mol. The van der Waals surface area contributed by atoms with Crippen LogP contribution < -0.4 is 4.74 Å². The highest BCUT2D eigenvalue weighted by atomic mass is 16.7. The fourth-order valence-corrected chi connectivity index (χ4v) is 7.19. The molecule has 2 saturated carbocycles. The first-order valence-corrected chi connectivity index (χ1v) is 12.8. The second-order valence-electron chi connectivity index (χ2n) is 10.7. The lowest BCUT2D eigenvalue weighted by atomic mass is 9.53. The Kier molecular flexibility index (Phi) is 6.27. The van der Waals surface area contributed by atoms with Gasteiger partial charge in [0.2, 0.25) is 0 Å². The van der Waals surface area contributed by atoms with E-state index >= 15 is 0 Å². The van der Waals surface area contributed by atoms with Gasteiger partial charge in [-0.25, -0.2) is 0 Å². The van der Waals surface area contributed by atoms with Gasteiger partial charge in [0.25, 0.3) is 0 Å². The number of unbranched alkanes of at least 4 members (excludes halogenated alkanes) is 1. The normalized spacial score (nSPS) is 38.1. The number of benzene rings is 1. The maximum absolute atomic E-state index is 11.6. The molecule has 0 aromatic heterocycles. The molecule has 3 aliphatic carbocycles. The molecular formula is C28H38O4. The highest BCUT2D eigenvalue weighted by Crippen LogP contribution is 2.64. The van der Waals surface area contributed by atoms with Crippen molar-refractivity contribution in [1.82, 2.24) is 0 Å². The Hall–Kier alpha value is -1.54. The number of aryl methyl sites for hydroxylation is 1. The van der Waals surface area contributed by atoms with Gasteiger partial charge in [0.1, 0.15) is 11.4 Å². The SMILES string of the molecule is C[C@]12CC[C@@H]3c4ccc(OC5CCCCO5)cc4CC[C@H]3[C@@H]1CC[C@@]2(O)C#CCCCO. The van der Waals surface area contributed by atoms with E-state index < -0.39 is 5.60 Å². The van der Waals surface area contributed by atoms with Crippen molar-refractivity contribution < 1.29 is 19.7 Å². The van der Waals surface area contributed by atoms with Gasteiger partial charge in [-0.15, -0.1) is 5.92 Å². The molecule has 6 atom stereocenters. The van der Waals surface area contributed by atoms with Crippen molar-refractivity contribution in [2.24, 2.45) is 17.3 Å².